The summed E-state index contributed by atoms with van der Waals surface area (Å²) >= 11 is 4.74. The minimum absolute atomic E-state index is 0.00513. The van der Waals surface area contributed by atoms with Gasteiger partial charge in [-0.1, -0.05) is 26.1 Å². The molecule has 2 nitrogen and oxygen atoms in total. The second-order valence-corrected chi connectivity index (χ2v) is 6.23. The molecule has 0 aliphatic heterocycles. The Labute approximate surface area is 123 Å². The molecule has 0 saturated heterocycles. The van der Waals surface area contributed by atoms with Gasteiger partial charge < -0.3 is 11.1 Å². The predicted molar refractivity (Wildman–Crippen MR) is 81.8 cm³/mol. The molecular weight excluding hydrogens is 278 g/mol. The number of rotatable bonds is 3. The fourth-order valence-corrected chi connectivity index (χ4v) is 2.85. The van der Waals surface area contributed by atoms with Crippen LogP contribution in [0, 0.1) is 23.5 Å². The van der Waals surface area contributed by atoms with Gasteiger partial charge >= 0.3 is 0 Å². The average Bonchev–Trinajstić information content (AvgIpc) is 2.37. The zero-order valence-electron chi connectivity index (χ0n) is 11.7. The molecule has 3 unspecified atom stereocenters. The molecule has 1 aromatic rings. The zero-order chi connectivity index (χ0) is 14.9. The number of halogens is 2. The summed E-state index contributed by atoms with van der Waals surface area (Å²) in [4.78, 5) is -0.00513. The molecule has 0 radical (unpaired) electrons. The van der Waals surface area contributed by atoms with Crippen molar-refractivity contribution in [3.8, 4) is 0 Å². The van der Waals surface area contributed by atoms with Gasteiger partial charge in [-0.3, -0.25) is 0 Å². The van der Waals surface area contributed by atoms with Crippen LogP contribution >= 0.6 is 12.2 Å². The van der Waals surface area contributed by atoms with Gasteiger partial charge in [0.1, 0.15) is 22.3 Å². The van der Waals surface area contributed by atoms with E-state index in [1.807, 2.05) is 0 Å². The van der Waals surface area contributed by atoms with Crippen molar-refractivity contribution < 1.29 is 8.78 Å². The molecule has 0 amide bonds. The van der Waals surface area contributed by atoms with Crippen LogP contribution in [0.2, 0.25) is 0 Å². The lowest BCUT2D eigenvalue weighted by molar-refractivity contribution is 0.260. The van der Waals surface area contributed by atoms with E-state index in [1.165, 1.54) is 12.1 Å². The normalized spacial score (nSPS) is 26.3. The van der Waals surface area contributed by atoms with Crippen LogP contribution in [0.3, 0.4) is 0 Å². The van der Waals surface area contributed by atoms with Crippen LogP contribution in [-0.4, -0.2) is 11.0 Å². The number of nitrogens with one attached hydrogen (secondary N) is 1. The first-order valence-corrected chi connectivity index (χ1v) is 7.34. The fourth-order valence-electron chi connectivity index (χ4n) is 2.74. The Balaban J connectivity index is 2.16. The summed E-state index contributed by atoms with van der Waals surface area (Å²) in [5, 5.41) is 3.00. The van der Waals surface area contributed by atoms with E-state index in [0.29, 0.717) is 11.8 Å². The van der Waals surface area contributed by atoms with Crippen LogP contribution in [0.4, 0.5) is 14.5 Å². The Bertz CT molecular complexity index is 496. The SMILES string of the molecule is CC1CCC(Nc2c(F)cc(C(N)=S)cc2F)CC1C. The zero-order valence-corrected chi connectivity index (χ0v) is 12.6. The second kappa shape index (κ2) is 6.04. The summed E-state index contributed by atoms with van der Waals surface area (Å²) in [7, 11) is 0. The van der Waals surface area contributed by atoms with E-state index < -0.39 is 11.6 Å². The minimum atomic E-state index is -0.640. The van der Waals surface area contributed by atoms with Crippen LogP contribution in [0.5, 0.6) is 0 Å². The van der Waals surface area contributed by atoms with Crippen LogP contribution in [-0.2, 0) is 0 Å². The van der Waals surface area contributed by atoms with Crippen molar-refractivity contribution in [1.29, 1.82) is 0 Å². The maximum absolute atomic E-state index is 14.0. The molecule has 20 heavy (non-hydrogen) atoms. The highest BCUT2D eigenvalue weighted by atomic mass is 32.1. The first kappa shape index (κ1) is 15.2. The summed E-state index contributed by atoms with van der Waals surface area (Å²) in [6.45, 7) is 4.40. The monoisotopic (exact) mass is 298 g/mol. The summed E-state index contributed by atoms with van der Waals surface area (Å²) in [6, 6.07) is 2.48. The van der Waals surface area contributed by atoms with E-state index in [0.717, 1.165) is 19.3 Å². The number of hydrogen-bond acceptors (Lipinski definition) is 2. The molecule has 1 fully saturated rings. The minimum Gasteiger partial charge on any atom is -0.389 e. The molecule has 1 aliphatic carbocycles. The molecule has 1 aromatic carbocycles. The maximum atomic E-state index is 14.0. The Hall–Kier alpha value is -1.23. The number of anilines is 1. The molecule has 5 heteroatoms. The van der Waals surface area contributed by atoms with Gasteiger partial charge in [0, 0.05) is 11.6 Å². The third-order valence-corrected chi connectivity index (χ3v) is 4.51. The molecule has 0 aromatic heterocycles. The van der Waals surface area contributed by atoms with Crippen molar-refractivity contribution in [3.05, 3.63) is 29.3 Å². The Morgan fingerprint density at radius 1 is 1.20 bits per heavy atom. The first-order chi connectivity index (χ1) is 9.38. The van der Waals surface area contributed by atoms with Crippen LogP contribution in [0.15, 0.2) is 12.1 Å². The van der Waals surface area contributed by atoms with E-state index in [1.54, 1.807) is 0 Å². The maximum Gasteiger partial charge on any atom is 0.150 e. The fraction of sp³-hybridized carbons (Fsp3) is 0.533. The Kier molecular flexibility index (Phi) is 4.58. The van der Waals surface area contributed by atoms with E-state index >= 15 is 0 Å². The van der Waals surface area contributed by atoms with Gasteiger partial charge in [-0.2, -0.15) is 0 Å². The van der Waals surface area contributed by atoms with Crippen molar-refractivity contribution in [3.63, 3.8) is 0 Å². The van der Waals surface area contributed by atoms with Crippen LogP contribution < -0.4 is 11.1 Å². The molecular formula is C15H20F2N2S. The second-order valence-electron chi connectivity index (χ2n) is 5.79. The highest BCUT2D eigenvalue weighted by molar-refractivity contribution is 7.80. The standard InChI is InChI=1S/C15H20F2N2S/c1-8-3-4-11(5-9(8)2)19-14-12(16)6-10(15(18)20)7-13(14)17/h6-9,11,19H,3-5H2,1-2H3,(H2,18,20). The van der Waals surface area contributed by atoms with E-state index in [-0.39, 0.29) is 22.3 Å². The number of hydrogen-bond donors (Lipinski definition) is 2. The van der Waals surface area contributed by atoms with Gasteiger partial charge in [-0.25, -0.2) is 8.78 Å². The highest BCUT2D eigenvalue weighted by Gasteiger charge is 2.26. The molecule has 3 atom stereocenters. The first-order valence-electron chi connectivity index (χ1n) is 6.94. The van der Waals surface area contributed by atoms with Crippen LogP contribution in [0.25, 0.3) is 0 Å². The van der Waals surface area contributed by atoms with Crippen molar-refractivity contribution in [1.82, 2.24) is 0 Å². The van der Waals surface area contributed by atoms with Crippen LogP contribution in [0.1, 0.15) is 38.7 Å². The third-order valence-electron chi connectivity index (χ3n) is 4.27. The molecule has 1 saturated carbocycles. The van der Waals surface area contributed by atoms with Gasteiger partial charge in [-0.15, -0.1) is 0 Å². The predicted octanol–water partition coefficient (Wildman–Crippen LogP) is 3.84. The van der Waals surface area contributed by atoms with Gasteiger partial charge in [0.2, 0.25) is 0 Å². The molecule has 0 heterocycles. The lowest BCUT2D eigenvalue weighted by atomic mass is 9.79. The van der Waals surface area contributed by atoms with E-state index in [2.05, 4.69) is 19.2 Å². The average molecular weight is 298 g/mol. The van der Waals surface area contributed by atoms with Crippen molar-refractivity contribution in [2.45, 2.75) is 39.2 Å². The third kappa shape index (κ3) is 3.26. The topological polar surface area (TPSA) is 38.0 Å². The largest absolute Gasteiger partial charge is 0.389 e. The molecule has 2 rings (SSSR count). The summed E-state index contributed by atoms with van der Waals surface area (Å²) in [5.74, 6) is -0.0545. The number of nitrogens with two attached hydrogens (primary N) is 1. The van der Waals surface area contributed by atoms with Gasteiger partial charge in [0.05, 0.1) is 0 Å². The molecule has 1 aliphatic rings. The lowest BCUT2D eigenvalue weighted by Crippen LogP contribution is -2.31. The van der Waals surface area contributed by atoms with Gasteiger partial charge in [0.15, 0.2) is 0 Å². The Morgan fingerprint density at radius 3 is 2.30 bits per heavy atom. The van der Waals surface area contributed by atoms with Crippen molar-refractivity contribution in [2.24, 2.45) is 17.6 Å². The van der Waals surface area contributed by atoms with Gasteiger partial charge in [-0.05, 0) is 43.2 Å². The van der Waals surface area contributed by atoms with Crippen molar-refractivity contribution >= 4 is 22.9 Å². The number of thiocarbonyl (C=S) groups is 1. The molecule has 3 N–H and O–H groups in total. The van der Waals surface area contributed by atoms with E-state index in [9.17, 15) is 8.78 Å². The summed E-state index contributed by atoms with van der Waals surface area (Å²) in [6.07, 6.45) is 2.94. The molecule has 0 bridgehead atoms. The quantitative estimate of drug-likeness (QED) is 0.833. The van der Waals surface area contributed by atoms with Gasteiger partial charge in [0.25, 0.3) is 0 Å². The lowest BCUT2D eigenvalue weighted by Gasteiger charge is -2.33. The van der Waals surface area contributed by atoms with Crippen molar-refractivity contribution in [2.75, 3.05) is 5.32 Å². The summed E-state index contributed by atoms with van der Waals surface area (Å²) in [5.41, 5.74) is 5.54. The Morgan fingerprint density at radius 2 is 1.80 bits per heavy atom. The number of benzene rings is 1. The molecule has 110 valence electrons. The van der Waals surface area contributed by atoms with E-state index in [4.69, 9.17) is 18.0 Å². The smallest absolute Gasteiger partial charge is 0.150 e. The summed E-state index contributed by atoms with van der Waals surface area (Å²) < 4.78 is 28.0. The molecule has 0 spiro atoms. The highest BCUT2D eigenvalue weighted by Crippen LogP contribution is 2.32.